The molecule has 0 aromatic rings. The lowest BCUT2D eigenvalue weighted by molar-refractivity contribution is -0.129. The summed E-state index contributed by atoms with van der Waals surface area (Å²) in [7, 11) is 0. The predicted octanol–water partition coefficient (Wildman–Crippen LogP) is 0.735. The zero-order valence-electron chi connectivity index (χ0n) is 12.5. The number of nitrogens with zero attached hydrogens (tertiary/aromatic N) is 1. The van der Waals surface area contributed by atoms with Crippen LogP contribution in [0.4, 0.5) is 0 Å². The molecule has 110 valence electrons. The molecule has 1 fully saturated rings. The van der Waals surface area contributed by atoms with Crippen molar-refractivity contribution in [3.63, 3.8) is 0 Å². The highest BCUT2D eigenvalue weighted by atomic mass is 16.2. The Labute approximate surface area is 115 Å². The Balaban J connectivity index is 2.61. The second-order valence-electron chi connectivity index (χ2n) is 6.19. The lowest BCUT2D eigenvalue weighted by Crippen LogP contribution is -2.54. The third kappa shape index (κ3) is 4.20. The van der Waals surface area contributed by atoms with Crippen LogP contribution in [0.15, 0.2) is 0 Å². The van der Waals surface area contributed by atoms with E-state index in [-0.39, 0.29) is 23.3 Å². The number of amides is 2. The van der Waals surface area contributed by atoms with E-state index in [9.17, 15) is 9.59 Å². The second kappa shape index (κ2) is 6.37. The van der Waals surface area contributed by atoms with Crippen LogP contribution >= 0.6 is 0 Å². The van der Waals surface area contributed by atoms with Crippen LogP contribution < -0.4 is 11.1 Å². The van der Waals surface area contributed by atoms with Gasteiger partial charge in [-0.05, 0) is 26.2 Å². The van der Waals surface area contributed by atoms with Crippen LogP contribution in [0.2, 0.25) is 0 Å². The summed E-state index contributed by atoms with van der Waals surface area (Å²) in [5.41, 5.74) is 5.41. The Bertz CT molecular complexity index is 344. The van der Waals surface area contributed by atoms with Gasteiger partial charge in [-0.15, -0.1) is 0 Å². The van der Waals surface area contributed by atoms with Gasteiger partial charge in [0.05, 0.1) is 5.92 Å². The summed E-state index contributed by atoms with van der Waals surface area (Å²) in [4.78, 5) is 25.6. The highest BCUT2D eigenvalue weighted by molar-refractivity contribution is 5.89. The summed E-state index contributed by atoms with van der Waals surface area (Å²) < 4.78 is 0. The first-order chi connectivity index (χ1) is 8.81. The zero-order chi connectivity index (χ0) is 14.6. The molecule has 2 amide bonds. The first-order valence-corrected chi connectivity index (χ1v) is 7.11. The summed E-state index contributed by atoms with van der Waals surface area (Å²) in [6, 6.07) is 0. The van der Waals surface area contributed by atoms with Crippen molar-refractivity contribution in [1.82, 2.24) is 10.2 Å². The fourth-order valence-electron chi connectivity index (χ4n) is 2.74. The van der Waals surface area contributed by atoms with Crippen LogP contribution in [0.25, 0.3) is 0 Å². The molecule has 5 nitrogen and oxygen atoms in total. The topological polar surface area (TPSA) is 75.4 Å². The number of nitrogens with two attached hydrogens (primary N) is 1. The molecule has 0 aromatic heterocycles. The van der Waals surface area contributed by atoms with Gasteiger partial charge in [0.1, 0.15) is 0 Å². The van der Waals surface area contributed by atoms with Gasteiger partial charge in [0.15, 0.2) is 0 Å². The van der Waals surface area contributed by atoms with Crippen molar-refractivity contribution in [3.8, 4) is 0 Å². The molecule has 1 heterocycles. The Morgan fingerprint density at radius 1 is 1.58 bits per heavy atom. The van der Waals surface area contributed by atoms with Gasteiger partial charge in [0, 0.05) is 31.6 Å². The maximum atomic E-state index is 12.3. The normalized spacial score (nSPS) is 22.7. The number of nitrogens with one attached hydrogen (secondary N) is 1. The Kier molecular flexibility index (Phi) is 5.35. The van der Waals surface area contributed by atoms with Gasteiger partial charge in [-0.25, -0.2) is 0 Å². The standard InChI is InChI=1S/C14H27N3O2/c1-5-17-8-11(6-12(17)18)13(19)16-14(4,9-15)7-10(2)3/h10-11H,5-9,15H2,1-4H3,(H,16,19). The van der Waals surface area contributed by atoms with Crippen LogP contribution in [-0.2, 0) is 9.59 Å². The van der Waals surface area contributed by atoms with Crippen LogP contribution in [0.1, 0.15) is 40.5 Å². The van der Waals surface area contributed by atoms with E-state index >= 15 is 0 Å². The molecule has 2 atom stereocenters. The summed E-state index contributed by atoms with van der Waals surface area (Å²) >= 11 is 0. The Morgan fingerprint density at radius 2 is 2.21 bits per heavy atom. The van der Waals surface area contributed by atoms with Crippen molar-refractivity contribution in [1.29, 1.82) is 0 Å². The van der Waals surface area contributed by atoms with Crippen LogP contribution in [0, 0.1) is 11.8 Å². The van der Waals surface area contributed by atoms with Crippen molar-refractivity contribution >= 4 is 11.8 Å². The maximum absolute atomic E-state index is 12.3. The highest BCUT2D eigenvalue weighted by Crippen LogP contribution is 2.21. The van der Waals surface area contributed by atoms with E-state index in [0.717, 1.165) is 6.42 Å². The second-order valence-corrected chi connectivity index (χ2v) is 6.19. The molecule has 0 bridgehead atoms. The first-order valence-electron chi connectivity index (χ1n) is 7.11. The van der Waals surface area contributed by atoms with E-state index in [1.165, 1.54) is 0 Å². The molecule has 1 saturated heterocycles. The van der Waals surface area contributed by atoms with Crippen molar-refractivity contribution in [2.24, 2.45) is 17.6 Å². The third-order valence-electron chi connectivity index (χ3n) is 3.70. The molecule has 1 aliphatic rings. The minimum Gasteiger partial charge on any atom is -0.349 e. The average molecular weight is 269 g/mol. The Morgan fingerprint density at radius 3 is 2.63 bits per heavy atom. The average Bonchev–Trinajstić information content (AvgIpc) is 2.69. The number of likely N-dealkylation sites (tertiary alicyclic amines) is 1. The fraction of sp³-hybridized carbons (Fsp3) is 0.857. The summed E-state index contributed by atoms with van der Waals surface area (Å²) in [6.07, 6.45) is 1.16. The fourth-order valence-corrected chi connectivity index (χ4v) is 2.74. The van der Waals surface area contributed by atoms with Gasteiger partial charge >= 0.3 is 0 Å². The zero-order valence-corrected chi connectivity index (χ0v) is 12.5. The van der Waals surface area contributed by atoms with Gasteiger partial charge in [-0.1, -0.05) is 13.8 Å². The van der Waals surface area contributed by atoms with Crippen molar-refractivity contribution < 1.29 is 9.59 Å². The van der Waals surface area contributed by atoms with Gasteiger partial charge < -0.3 is 16.0 Å². The monoisotopic (exact) mass is 269 g/mol. The molecule has 0 aliphatic carbocycles. The van der Waals surface area contributed by atoms with Gasteiger partial charge in [0.2, 0.25) is 11.8 Å². The molecule has 0 aromatic carbocycles. The molecule has 0 saturated carbocycles. The molecule has 1 aliphatic heterocycles. The van der Waals surface area contributed by atoms with E-state index in [2.05, 4.69) is 19.2 Å². The van der Waals surface area contributed by atoms with E-state index in [4.69, 9.17) is 5.73 Å². The summed E-state index contributed by atoms with van der Waals surface area (Å²) in [6.45, 7) is 9.73. The number of rotatable bonds is 6. The van der Waals surface area contributed by atoms with Gasteiger partial charge in [-0.2, -0.15) is 0 Å². The molecular weight excluding hydrogens is 242 g/mol. The van der Waals surface area contributed by atoms with Crippen molar-refractivity contribution in [2.45, 2.75) is 46.1 Å². The lowest BCUT2D eigenvalue weighted by Gasteiger charge is -2.32. The smallest absolute Gasteiger partial charge is 0.225 e. The highest BCUT2D eigenvalue weighted by Gasteiger charge is 2.36. The minimum atomic E-state index is -0.381. The molecule has 2 unspecified atom stereocenters. The van der Waals surface area contributed by atoms with Gasteiger partial charge in [0.25, 0.3) is 0 Å². The molecule has 0 radical (unpaired) electrons. The quantitative estimate of drug-likeness (QED) is 0.746. The van der Waals surface area contributed by atoms with Crippen LogP contribution in [0.5, 0.6) is 0 Å². The van der Waals surface area contributed by atoms with Gasteiger partial charge in [-0.3, -0.25) is 9.59 Å². The Hall–Kier alpha value is -1.10. The molecule has 19 heavy (non-hydrogen) atoms. The lowest BCUT2D eigenvalue weighted by atomic mass is 9.90. The minimum absolute atomic E-state index is 0.0436. The van der Waals surface area contributed by atoms with Crippen molar-refractivity contribution in [2.75, 3.05) is 19.6 Å². The summed E-state index contributed by atoms with van der Waals surface area (Å²) in [5, 5.41) is 3.04. The van der Waals surface area contributed by atoms with Crippen molar-refractivity contribution in [3.05, 3.63) is 0 Å². The van der Waals surface area contributed by atoms with E-state index < -0.39 is 0 Å². The molecule has 5 heteroatoms. The SMILES string of the molecule is CCN1CC(C(=O)NC(C)(CN)CC(C)C)CC1=O. The molecular formula is C14H27N3O2. The molecule has 3 N–H and O–H groups in total. The van der Waals surface area contributed by atoms with E-state index in [1.807, 2.05) is 13.8 Å². The third-order valence-corrected chi connectivity index (χ3v) is 3.70. The predicted molar refractivity (Wildman–Crippen MR) is 75.4 cm³/mol. The van der Waals surface area contributed by atoms with Crippen LogP contribution in [0.3, 0.4) is 0 Å². The molecule has 1 rings (SSSR count). The first kappa shape index (κ1) is 16.0. The summed E-state index contributed by atoms with van der Waals surface area (Å²) in [5.74, 6) is 0.260. The van der Waals surface area contributed by atoms with Crippen LogP contribution in [-0.4, -0.2) is 41.9 Å². The maximum Gasteiger partial charge on any atom is 0.225 e. The number of carbonyl (C=O) groups is 2. The number of hydrogen-bond donors (Lipinski definition) is 2. The van der Waals surface area contributed by atoms with E-state index in [0.29, 0.717) is 32.0 Å². The number of hydrogen-bond acceptors (Lipinski definition) is 3. The molecule has 0 spiro atoms. The van der Waals surface area contributed by atoms with E-state index in [1.54, 1.807) is 4.90 Å². The largest absolute Gasteiger partial charge is 0.349 e. The number of carbonyl (C=O) groups excluding carboxylic acids is 2.